The Morgan fingerprint density at radius 2 is 1.77 bits per heavy atom. The van der Waals surface area contributed by atoms with E-state index in [1.807, 2.05) is 20.8 Å². The summed E-state index contributed by atoms with van der Waals surface area (Å²) in [6, 6.07) is 0. The molecule has 14 atom stereocenters. The van der Waals surface area contributed by atoms with Crippen molar-refractivity contribution in [2.75, 3.05) is 6.61 Å². The van der Waals surface area contributed by atoms with Gasteiger partial charge in [-0.25, -0.2) is 0 Å². The van der Waals surface area contributed by atoms with E-state index in [1.165, 1.54) is 5.57 Å². The molecule has 5 aliphatic carbocycles. The highest BCUT2D eigenvalue weighted by atomic mass is 16.7. The Labute approximate surface area is 260 Å². The summed E-state index contributed by atoms with van der Waals surface area (Å²) in [7, 11) is 0. The van der Waals surface area contributed by atoms with Gasteiger partial charge in [0.05, 0.1) is 24.4 Å². The van der Waals surface area contributed by atoms with Gasteiger partial charge in [-0.3, -0.25) is 9.59 Å². The van der Waals surface area contributed by atoms with Gasteiger partial charge in [0.15, 0.2) is 12.1 Å². The first-order chi connectivity index (χ1) is 20.4. The van der Waals surface area contributed by atoms with Crippen molar-refractivity contribution in [1.29, 1.82) is 0 Å². The molecule has 9 nitrogen and oxygen atoms in total. The average Bonchev–Trinajstić information content (AvgIpc) is 3.78. The van der Waals surface area contributed by atoms with Crippen LogP contribution in [0.25, 0.3) is 0 Å². The minimum absolute atomic E-state index is 0.0687. The third-order valence-corrected chi connectivity index (χ3v) is 14.4. The number of epoxide rings is 1. The lowest BCUT2D eigenvalue weighted by atomic mass is 9.44. The van der Waals surface area contributed by atoms with E-state index in [1.54, 1.807) is 0 Å². The maximum Gasteiger partial charge on any atom is 0.186 e. The molecule has 0 aromatic heterocycles. The number of carbonyl (C=O) groups excluding carboxylic acids is 2. The second kappa shape index (κ2) is 9.45. The van der Waals surface area contributed by atoms with Gasteiger partial charge in [-0.1, -0.05) is 46.3 Å². The molecule has 246 valence electrons. The lowest BCUT2D eigenvalue weighted by Gasteiger charge is -2.61. The number of rotatable bonds is 6. The molecule has 2 aliphatic heterocycles. The first kappa shape index (κ1) is 31.4. The summed E-state index contributed by atoms with van der Waals surface area (Å²) in [6.45, 7) is 14.6. The number of aliphatic hydroxyl groups excluding tert-OH is 4. The molecule has 7 aliphatic rings. The fourth-order valence-electron chi connectivity index (χ4n) is 11.9. The van der Waals surface area contributed by atoms with Gasteiger partial charge in [0.1, 0.15) is 30.2 Å². The van der Waals surface area contributed by atoms with Crippen molar-refractivity contribution in [3.8, 4) is 0 Å². The highest BCUT2D eigenvalue weighted by Crippen LogP contribution is 2.87. The Morgan fingerprint density at radius 3 is 2.43 bits per heavy atom. The molecule has 0 unspecified atom stereocenters. The minimum Gasteiger partial charge on any atom is -0.392 e. The predicted molar refractivity (Wildman–Crippen MR) is 159 cm³/mol. The SMILES string of the molecule is C[C@H](CC(=O)[C@@H]1OC1(C)C)[C@H]1C(=O)C[C@@]2(C)C3=CC[C@H]4C(C)(C)[C@@H](O[C@@H]5OC[C@@H](O)[C@H](O)[C@H]5O)CC[C@@]45C[C@@]35[C@@H](O)C[C@]12C. The van der Waals surface area contributed by atoms with E-state index < -0.39 is 47.8 Å². The monoisotopic (exact) mass is 616 g/mol. The van der Waals surface area contributed by atoms with Crippen LogP contribution in [0.3, 0.4) is 0 Å². The van der Waals surface area contributed by atoms with Crippen molar-refractivity contribution in [3.63, 3.8) is 0 Å². The minimum atomic E-state index is -1.33. The van der Waals surface area contributed by atoms with Crippen LogP contribution in [0.5, 0.6) is 0 Å². The molecule has 2 heterocycles. The number of Topliss-reactive ketones (excluding diaryl/α,β-unsaturated/α-hetero) is 2. The largest absolute Gasteiger partial charge is 0.392 e. The summed E-state index contributed by atoms with van der Waals surface area (Å²) >= 11 is 0. The van der Waals surface area contributed by atoms with Crippen LogP contribution in [0.4, 0.5) is 0 Å². The zero-order valence-electron chi connectivity index (χ0n) is 27.3. The number of fused-ring (bicyclic) bond motifs is 2. The van der Waals surface area contributed by atoms with E-state index >= 15 is 0 Å². The maximum atomic E-state index is 13.9. The van der Waals surface area contributed by atoms with Crippen LogP contribution in [0.2, 0.25) is 0 Å². The molecule has 6 fully saturated rings. The fourth-order valence-corrected chi connectivity index (χ4v) is 11.9. The molecule has 2 spiro atoms. The highest BCUT2D eigenvalue weighted by Gasteiger charge is 2.84. The Bertz CT molecular complexity index is 1290. The van der Waals surface area contributed by atoms with Crippen LogP contribution in [0.15, 0.2) is 11.6 Å². The van der Waals surface area contributed by atoms with Gasteiger partial charge in [0.25, 0.3) is 0 Å². The van der Waals surface area contributed by atoms with Crippen molar-refractivity contribution in [3.05, 3.63) is 11.6 Å². The summed E-state index contributed by atoms with van der Waals surface area (Å²) in [5.41, 5.74) is -0.761. The second-order valence-corrected chi connectivity index (χ2v) is 17.3. The molecular weight excluding hydrogens is 564 g/mol. The first-order valence-corrected chi connectivity index (χ1v) is 16.8. The quantitative estimate of drug-likeness (QED) is 0.261. The van der Waals surface area contributed by atoms with E-state index in [-0.39, 0.29) is 63.7 Å². The Balaban J connectivity index is 1.15. The average molecular weight is 617 g/mol. The molecule has 4 N–H and O–H groups in total. The molecule has 9 heteroatoms. The van der Waals surface area contributed by atoms with Crippen LogP contribution < -0.4 is 0 Å². The van der Waals surface area contributed by atoms with Gasteiger partial charge in [-0.05, 0) is 74.0 Å². The fraction of sp³-hybridized carbons (Fsp3) is 0.886. The molecule has 7 rings (SSSR count). The summed E-state index contributed by atoms with van der Waals surface area (Å²) in [4.78, 5) is 27.0. The van der Waals surface area contributed by atoms with E-state index in [0.717, 1.165) is 25.7 Å². The van der Waals surface area contributed by atoms with Gasteiger partial charge < -0.3 is 34.6 Å². The summed E-state index contributed by atoms with van der Waals surface area (Å²) in [5.74, 6) is 0.0812. The van der Waals surface area contributed by atoms with Gasteiger partial charge in [0.2, 0.25) is 0 Å². The van der Waals surface area contributed by atoms with Crippen molar-refractivity contribution in [2.45, 2.75) is 142 Å². The highest BCUT2D eigenvalue weighted by molar-refractivity contribution is 5.90. The predicted octanol–water partition coefficient (Wildman–Crippen LogP) is 3.09. The molecule has 0 aromatic rings. The van der Waals surface area contributed by atoms with Crippen molar-refractivity contribution < 1.29 is 44.2 Å². The summed E-state index contributed by atoms with van der Waals surface area (Å²) in [6.07, 6.45) is 0.934. The zero-order valence-corrected chi connectivity index (χ0v) is 27.3. The van der Waals surface area contributed by atoms with Crippen LogP contribution in [-0.4, -0.2) is 87.1 Å². The smallest absolute Gasteiger partial charge is 0.186 e. The van der Waals surface area contributed by atoms with Crippen molar-refractivity contribution in [1.82, 2.24) is 0 Å². The molecule has 0 bridgehead atoms. The first-order valence-electron chi connectivity index (χ1n) is 16.8. The Kier molecular flexibility index (Phi) is 6.75. The van der Waals surface area contributed by atoms with Crippen LogP contribution >= 0.6 is 0 Å². The third-order valence-electron chi connectivity index (χ3n) is 14.4. The van der Waals surface area contributed by atoms with Crippen molar-refractivity contribution >= 4 is 11.6 Å². The molecule has 2 saturated heterocycles. The number of carbonyl (C=O) groups is 2. The van der Waals surface area contributed by atoms with Crippen LogP contribution in [0.1, 0.15) is 93.4 Å². The van der Waals surface area contributed by atoms with E-state index in [4.69, 9.17) is 14.2 Å². The molecular formula is C35H52O9. The number of allylic oxidation sites excluding steroid dienone is 1. The summed E-state index contributed by atoms with van der Waals surface area (Å²) < 4.78 is 17.6. The number of hydrogen-bond acceptors (Lipinski definition) is 9. The number of ether oxygens (including phenoxy) is 3. The third kappa shape index (κ3) is 3.84. The normalized spacial score (nSPS) is 53.8. The van der Waals surface area contributed by atoms with E-state index in [2.05, 4.69) is 33.8 Å². The zero-order chi connectivity index (χ0) is 32.0. The number of ketones is 2. The molecule has 0 aromatic carbocycles. The molecule has 4 saturated carbocycles. The summed E-state index contributed by atoms with van der Waals surface area (Å²) in [5, 5.41) is 42.9. The second-order valence-electron chi connectivity index (χ2n) is 17.3. The lowest BCUT2D eigenvalue weighted by Crippen LogP contribution is -2.59. The van der Waals surface area contributed by atoms with Gasteiger partial charge in [-0.15, -0.1) is 0 Å². The van der Waals surface area contributed by atoms with E-state index in [9.17, 15) is 30.0 Å². The molecule has 0 amide bonds. The van der Waals surface area contributed by atoms with Crippen LogP contribution in [0, 0.1) is 44.8 Å². The van der Waals surface area contributed by atoms with E-state index in [0.29, 0.717) is 19.3 Å². The topological polar surface area (TPSA) is 146 Å². The van der Waals surface area contributed by atoms with Gasteiger partial charge in [-0.2, -0.15) is 0 Å². The number of hydrogen-bond donors (Lipinski definition) is 4. The Morgan fingerprint density at radius 1 is 1.09 bits per heavy atom. The maximum absolute atomic E-state index is 13.9. The van der Waals surface area contributed by atoms with Gasteiger partial charge in [0, 0.05) is 29.6 Å². The molecule has 0 radical (unpaired) electrons. The number of aliphatic hydroxyl groups is 4. The lowest BCUT2D eigenvalue weighted by molar-refractivity contribution is -0.301. The van der Waals surface area contributed by atoms with Crippen LogP contribution in [-0.2, 0) is 23.8 Å². The standard InChI is InChI=1S/C35H52O9/c1-17(12-18(36)28-31(4,5)44-28)25-19(37)13-32(6)22-9-8-21-30(2,3)24(43-29-27(41)26(40)20(38)15-42-29)10-11-34(21)16-35(22,34)23(39)14-33(25,32)7/h9,17,20-21,23-29,38-41H,8,10-16H2,1-7H3/t17-,20-,21+,23+,24+,25+,26+,27-,28+,29+,32+,33-,34-,35+/m1/s1. The van der Waals surface area contributed by atoms with Gasteiger partial charge >= 0.3 is 0 Å². The molecule has 44 heavy (non-hydrogen) atoms. The Hall–Kier alpha value is -1.20. The van der Waals surface area contributed by atoms with Crippen molar-refractivity contribution in [2.24, 2.45) is 44.8 Å².